The minimum Gasteiger partial charge on any atom is -0.226 e. The van der Waals surface area contributed by atoms with Crippen LogP contribution >= 0.6 is 22.7 Å². The van der Waals surface area contributed by atoms with Crippen molar-refractivity contribution in [2.75, 3.05) is 0 Å². The molecule has 0 fully saturated rings. The number of rotatable bonds is 1. The van der Waals surface area contributed by atoms with E-state index in [1.165, 1.54) is 17.4 Å². The van der Waals surface area contributed by atoms with E-state index in [1.807, 2.05) is 13.0 Å². The highest BCUT2D eigenvalue weighted by Gasteiger charge is 2.12. The van der Waals surface area contributed by atoms with Crippen LogP contribution in [0.1, 0.15) is 5.56 Å². The number of aryl methyl sites for hydroxylation is 1. The second-order valence-corrected chi connectivity index (χ2v) is 5.23. The summed E-state index contributed by atoms with van der Waals surface area (Å²) in [6.07, 6.45) is 0. The summed E-state index contributed by atoms with van der Waals surface area (Å²) >= 11 is 2.91. The molecule has 3 heterocycles. The highest BCUT2D eigenvalue weighted by atomic mass is 32.1. The van der Waals surface area contributed by atoms with Crippen LogP contribution in [0.5, 0.6) is 0 Å². The molecule has 0 aliphatic carbocycles. The van der Waals surface area contributed by atoms with E-state index in [-0.39, 0.29) is 5.82 Å². The molecule has 0 unspecified atom stereocenters. The predicted octanol–water partition coefficient (Wildman–Crippen LogP) is 3.87. The Kier molecular flexibility index (Phi) is 2.22. The molecule has 0 N–H and O–H groups in total. The molecule has 0 saturated heterocycles. The zero-order chi connectivity index (χ0) is 11.1. The van der Waals surface area contributed by atoms with Crippen molar-refractivity contribution in [3.8, 4) is 10.6 Å². The average molecular weight is 250 g/mol. The monoisotopic (exact) mass is 250 g/mol. The van der Waals surface area contributed by atoms with Crippen molar-refractivity contribution >= 4 is 33.0 Å². The third-order valence-electron chi connectivity index (χ3n) is 2.35. The summed E-state index contributed by atoms with van der Waals surface area (Å²) in [5.74, 6) is -0.213. The van der Waals surface area contributed by atoms with Gasteiger partial charge < -0.3 is 0 Å². The fraction of sp³-hybridized carbons (Fsp3) is 0.0909. The summed E-state index contributed by atoms with van der Waals surface area (Å²) in [4.78, 5) is 9.15. The molecule has 0 aliphatic heterocycles. The summed E-state index contributed by atoms with van der Waals surface area (Å²) in [5, 5.41) is 1.73. The van der Waals surface area contributed by atoms with Crippen molar-refractivity contribution in [1.29, 1.82) is 0 Å². The van der Waals surface area contributed by atoms with Crippen LogP contribution in [0.25, 0.3) is 20.9 Å². The van der Waals surface area contributed by atoms with Gasteiger partial charge in [-0.1, -0.05) is 0 Å². The smallest absolute Gasteiger partial charge is 0.170 e. The lowest BCUT2D eigenvalue weighted by atomic mass is 10.2. The first-order valence-electron chi connectivity index (χ1n) is 4.70. The maximum absolute atomic E-state index is 13.5. The van der Waals surface area contributed by atoms with Crippen molar-refractivity contribution in [2.45, 2.75) is 6.92 Å². The molecule has 0 aliphatic rings. The predicted molar refractivity (Wildman–Crippen MR) is 65.4 cm³/mol. The van der Waals surface area contributed by atoms with Crippen molar-refractivity contribution in [2.24, 2.45) is 0 Å². The molecule has 0 bridgehead atoms. The normalized spacial score (nSPS) is 11.1. The molecule has 16 heavy (non-hydrogen) atoms. The molecule has 3 rings (SSSR count). The maximum atomic E-state index is 13.5. The Hall–Kier alpha value is -1.33. The topological polar surface area (TPSA) is 25.8 Å². The lowest BCUT2D eigenvalue weighted by Gasteiger charge is -2.02. The molecule has 0 amide bonds. The van der Waals surface area contributed by atoms with E-state index in [4.69, 9.17) is 0 Å². The van der Waals surface area contributed by atoms with Gasteiger partial charge >= 0.3 is 0 Å². The number of thiazole rings is 1. The number of aromatic nitrogens is 2. The molecule has 80 valence electrons. The zero-order valence-corrected chi connectivity index (χ0v) is 10.0. The van der Waals surface area contributed by atoms with E-state index in [2.05, 4.69) is 9.97 Å². The third-order valence-corrected chi connectivity index (χ3v) is 4.01. The zero-order valence-electron chi connectivity index (χ0n) is 8.40. The Bertz CT molecular complexity index is 657. The van der Waals surface area contributed by atoms with Crippen LogP contribution in [-0.2, 0) is 0 Å². The number of halogens is 1. The number of thiophene rings is 1. The first-order valence-corrected chi connectivity index (χ1v) is 6.46. The van der Waals surface area contributed by atoms with Crippen LogP contribution in [0.4, 0.5) is 4.39 Å². The molecule has 0 atom stereocenters. The van der Waals surface area contributed by atoms with E-state index in [9.17, 15) is 4.39 Å². The fourth-order valence-corrected chi connectivity index (χ4v) is 3.12. The first kappa shape index (κ1) is 9.86. The molecular weight excluding hydrogens is 243 g/mol. The summed E-state index contributed by atoms with van der Waals surface area (Å²) in [6.45, 7) is 1.95. The highest BCUT2D eigenvalue weighted by molar-refractivity contribution is 7.16. The summed E-state index contributed by atoms with van der Waals surface area (Å²) in [5.41, 5.74) is 4.13. The van der Waals surface area contributed by atoms with Gasteiger partial charge in [0.2, 0.25) is 0 Å². The lowest BCUT2D eigenvalue weighted by molar-refractivity contribution is 0.636. The van der Waals surface area contributed by atoms with Gasteiger partial charge in [-0.3, -0.25) is 0 Å². The van der Waals surface area contributed by atoms with Crippen molar-refractivity contribution in [1.82, 2.24) is 9.97 Å². The molecule has 0 spiro atoms. The first-order chi connectivity index (χ1) is 7.75. The van der Waals surface area contributed by atoms with Crippen molar-refractivity contribution in [3.63, 3.8) is 0 Å². The molecule has 2 nitrogen and oxygen atoms in total. The second-order valence-electron chi connectivity index (χ2n) is 3.43. The highest BCUT2D eigenvalue weighted by Crippen LogP contribution is 2.31. The van der Waals surface area contributed by atoms with Crippen LogP contribution in [-0.4, -0.2) is 9.97 Å². The van der Waals surface area contributed by atoms with Crippen LogP contribution in [0, 0.1) is 12.7 Å². The van der Waals surface area contributed by atoms with Gasteiger partial charge in [-0.2, -0.15) is 0 Å². The van der Waals surface area contributed by atoms with Gasteiger partial charge in [-0.15, -0.1) is 22.7 Å². The van der Waals surface area contributed by atoms with Crippen LogP contribution in [0.15, 0.2) is 23.0 Å². The molecular formula is C11H7FN2S2. The quantitative estimate of drug-likeness (QED) is 0.655. The molecule has 3 aromatic rings. The van der Waals surface area contributed by atoms with E-state index in [0.29, 0.717) is 16.2 Å². The van der Waals surface area contributed by atoms with E-state index in [1.54, 1.807) is 22.2 Å². The van der Waals surface area contributed by atoms with Gasteiger partial charge in [0.25, 0.3) is 0 Å². The van der Waals surface area contributed by atoms with Crippen molar-refractivity contribution < 1.29 is 4.39 Å². The van der Waals surface area contributed by atoms with Gasteiger partial charge in [-0.05, 0) is 30.0 Å². The van der Waals surface area contributed by atoms with Gasteiger partial charge in [0.1, 0.15) is 5.82 Å². The number of hydrogen-bond donors (Lipinski definition) is 0. The summed E-state index contributed by atoms with van der Waals surface area (Å²) in [6, 6.07) is 3.47. The molecule has 0 aromatic carbocycles. The average Bonchev–Trinajstić information content (AvgIpc) is 2.85. The third kappa shape index (κ3) is 1.44. The van der Waals surface area contributed by atoms with Gasteiger partial charge in [0, 0.05) is 0 Å². The Labute approximate surface area is 99.4 Å². The van der Waals surface area contributed by atoms with E-state index in [0.717, 1.165) is 10.3 Å². The van der Waals surface area contributed by atoms with Gasteiger partial charge in [-0.25, -0.2) is 14.4 Å². The van der Waals surface area contributed by atoms with Crippen LogP contribution < -0.4 is 0 Å². The van der Waals surface area contributed by atoms with Crippen LogP contribution in [0.2, 0.25) is 0 Å². The minimum absolute atomic E-state index is 0.213. The van der Waals surface area contributed by atoms with Gasteiger partial charge in [0.05, 0.1) is 20.8 Å². The Balaban J connectivity index is 2.30. The maximum Gasteiger partial charge on any atom is 0.170 e. The summed E-state index contributed by atoms with van der Waals surface area (Å²) < 4.78 is 14.5. The fourth-order valence-electron chi connectivity index (χ4n) is 1.58. The largest absolute Gasteiger partial charge is 0.226 e. The number of pyridine rings is 1. The summed E-state index contributed by atoms with van der Waals surface area (Å²) in [7, 11) is 0. The number of nitrogens with zero attached hydrogens (tertiary/aromatic N) is 2. The number of hydrogen-bond acceptors (Lipinski definition) is 4. The van der Waals surface area contributed by atoms with Gasteiger partial charge in [0.15, 0.2) is 5.65 Å². The molecule has 3 aromatic heterocycles. The Morgan fingerprint density at radius 1 is 1.31 bits per heavy atom. The SMILES string of the molecule is Cc1cc2scnc2nc1-c1sccc1F. The van der Waals surface area contributed by atoms with E-state index >= 15 is 0 Å². The second kappa shape index (κ2) is 3.61. The van der Waals surface area contributed by atoms with Crippen molar-refractivity contribution in [3.05, 3.63) is 34.4 Å². The minimum atomic E-state index is -0.213. The molecule has 5 heteroatoms. The Morgan fingerprint density at radius 2 is 2.19 bits per heavy atom. The van der Waals surface area contributed by atoms with E-state index < -0.39 is 0 Å². The van der Waals surface area contributed by atoms with Crippen LogP contribution in [0.3, 0.4) is 0 Å². The molecule has 0 radical (unpaired) electrons. The molecule has 0 saturated carbocycles. The lowest BCUT2D eigenvalue weighted by Crippen LogP contribution is -1.88. The Morgan fingerprint density at radius 3 is 2.94 bits per heavy atom. The standard InChI is InChI=1S/C11H7FN2S2/c1-6-4-8-11(13-5-16-8)14-9(6)10-7(12)2-3-15-10/h2-5H,1H3. The number of fused-ring (bicyclic) bond motifs is 1.